The molecular formula is C20H35IN4O3. The minimum atomic E-state index is -0.0713. The van der Waals surface area contributed by atoms with Gasteiger partial charge in [-0.05, 0) is 25.5 Å². The SMILES string of the molecule is CCCCOCCOCCNC(=NC)NCCNC(=O)c1cccc(C)c1.I. The average Bonchev–Trinajstić information content (AvgIpc) is 2.68. The number of rotatable bonds is 13. The van der Waals surface area contributed by atoms with Crippen molar-refractivity contribution in [2.45, 2.75) is 26.7 Å². The van der Waals surface area contributed by atoms with E-state index < -0.39 is 0 Å². The highest BCUT2D eigenvalue weighted by atomic mass is 127. The molecule has 0 aliphatic carbocycles. The normalized spacial score (nSPS) is 10.9. The van der Waals surface area contributed by atoms with Crippen LogP contribution in [0.5, 0.6) is 0 Å². The van der Waals surface area contributed by atoms with Gasteiger partial charge in [0.15, 0.2) is 5.96 Å². The van der Waals surface area contributed by atoms with E-state index in [9.17, 15) is 4.79 Å². The molecule has 0 aromatic heterocycles. The highest BCUT2D eigenvalue weighted by Crippen LogP contribution is 2.03. The standard InChI is InChI=1S/C20H34N4O3.HI/c1-4-5-12-26-14-15-27-13-11-24-20(21-3)23-10-9-22-19(25)18-8-6-7-17(2)16-18;/h6-8,16H,4-5,9-15H2,1-3H3,(H,22,25)(H2,21,23,24);1H. The van der Waals surface area contributed by atoms with Crippen LogP contribution < -0.4 is 16.0 Å². The lowest BCUT2D eigenvalue weighted by Gasteiger charge is -2.12. The molecule has 1 aromatic rings. The third-order valence-corrected chi connectivity index (χ3v) is 3.76. The molecule has 0 unspecified atom stereocenters. The summed E-state index contributed by atoms with van der Waals surface area (Å²) in [4.78, 5) is 16.2. The van der Waals surface area contributed by atoms with Gasteiger partial charge in [-0.1, -0.05) is 31.0 Å². The number of hydrogen-bond acceptors (Lipinski definition) is 4. The highest BCUT2D eigenvalue weighted by Gasteiger charge is 2.04. The van der Waals surface area contributed by atoms with E-state index in [2.05, 4.69) is 27.9 Å². The van der Waals surface area contributed by atoms with Crippen LogP contribution in [-0.4, -0.2) is 65.0 Å². The van der Waals surface area contributed by atoms with Gasteiger partial charge in [0.05, 0.1) is 19.8 Å². The molecule has 1 rings (SSSR count). The van der Waals surface area contributed by atoms with E-state index in [-0.39, 0.29) is 29.9 Å². The number of unbranched alkanes of at least 4 members (excludes halogenated alkanes) is 1. The van der Waals surface area contributed by atoms with E-state index in [0.717, 1.165) is 25.0 Å². The molecular weight excluding hydrogens is 471 g/mol. The van der Waals surface area contributed by atoms with Gasteiger partial charge in [-0.15, -0.1) is 24.0 Å². The summed E-state index contributed by atoms with van der Waals surface area (Å²) in [5, 5.41) is 9.21. The number of carbonyl (C=O) groups excluding carboxylic acids is 1. The first-order valence-corrected chi connectivity index (χ1v) is 9.62. The summed E-state index contributed by atoms with van der Waals surface area (Å²) in [6.45, 7) is 8.49. The number of hydrogen-bond donors (Lipinski definition) is 3. The summed E-state index contributed by atoms with van der Waals surface area (Å²) in [6, 6.07) is 7.54. The van der Waals surface area contributed by atoms with Crippen LogP contribution in [0.2, 0.25) is 0 Å². The summed E-state index contributed by atoms with van der Waals surface area (Å²) in [6.07, 6.45) is 2.24. The first-order valence-electron chi connectivity index (χ1n) is 9.62. The monoisotopic (exact) mass is 506 g/mol. The Kier molecular flexibility index (Phi) is 16.8. The number of carbonyl (C=O) groups is 1. The Morgan fingerprint density at radius 1 is 1.00 bits per heavy atom. The molecule has 0 aliphatic heterocycles. The van der Waals surface area contributed by atoms with Gasteiger partial charge in [0.2, 0.25) is 0 Å². The summed E-state index contributed by atoms with van der Waals surface area (Å²) in [5.74, 6) is 0.612. The second kappa shape index (κ2) is 17.7. The minimum absolute atomic E-state index is 0. The molecule has 0 aliphatic rings. The quantitative estimate of drug-likeness (QED) is 0.166. The van der Waals surface area contributed by atoms with Crippen molar-refractivity contribution in [2.75, 3.05) is 53.1 Å². The second-order valence-corrected chi connectivity index (χ2v) is 6.13. The fraction of sp³-hybridized carbons (Fsp3) is 0.600. The topological polar surface area (TPSA) is 84.0 Å². The molecule has 3 N–H and O–H groups in total. The van der Waals surface area contributed by atoms with Gasteiger partial charge < -0.3 is 25.4 Å². The fourth-order valence-corrected chi connectivity index (χ4v) is 2.28. The van der Waals surface area contributed by atoms with Gasteiger partial charge in [-0.2, -0.15) is 0 Å². The molecule has 0 heterocycles. The number of halogens is 1. The van der Waals surface area contributed by atoms with E-state index in [1.807, 2.05) is 31.2 Å². The number of nitrogens with zero attached hydrogens (tertiary/aromatic N) is 1. The summed E-state index contributed by atoms with van der Waals surface area (Å²) < 4.78 is 10.9. The number of nitrogens with one attached hydrogen (secondary N) is 3. The largest absolute Gasteiger partial charge is 0.379 e. The lowest BCUT2D eigenvalue weighted by atomic mass is 10.1. The van der Waals surface area contributed by atoms with Gasteiger partial charge in [0.1, 0.15) is 0 Å². The zero-order valence-electron chi connectivity index (χ0n) is 17.3. The van der Waals surface area contributed by atoms with Crippen LogP contribution in [-0.2, 0) is 9.47 Å². The maximum atomic E-state index is 12.1. The van der Waals surface area contributed by atoms with Crippen molar-refractivity contribution in [2.24, 2.45) is 4.99 Å². The molecule has 0 bridgehead atoms. The smallest absolute Gasteiger partial charge is 0.251 e. The van der Waals surface area contributed by atoms with Gasteiger partial charge in [-0.3, -0.25) is 9.79 Å². The van der Waals surface area contributed by atoms with E-state index in [0.29, 0.717) is 51.0 Å². The van der Waals surface area contributed by atoms with Crippen molar-refractivity contribution in [3.63, 3.8) is 0 Å². The van der Waals surface area contributed by atoms with Gasteiger partial charge in [0, 0.05) is 38.9 Å². The van der Waals surface area contributed by atoms with Crippen LogP contribution in [0.25, 0.3) is 0 Å². The Morgan fingerprint density at radius 3 is 2.36 bits per heavy atom. The first kappa shape index (κ1) is 26.6. The molecule has 1 aromatic carbocycles. The zero-order valence-corrected chi connectivity index (χ0v) is 19.6. The van der Waals surface area contributed by atoms with Crippen molar-refractivity contribution >= 4 is 35.8 Å². The molecule has 0 fully saturated rings. The number of aliphatic imine (C=N–C) groups is 1. The molecule has 0 saturated heterocycles. The van der Waals surface area contributed by atoms with Crippen LogP contribution in [0.4, 0.5) is 0 Å². The van der Waals surface area contributed by atoms with Crippen LogP contribution in [0.1, 0.15) is 35.7 Å². The molecule has 0 saturated carbocycles. The molecule has 0 spiro atoms. The van der Waals surface area contributed by atoms with Crippen LogP contribution >= 0.6 is 24.0 Å². The highest BCUT2D eigenvalue weighted by molar-refractivity contribution is 14.0. The fourth-order valence-electron chi connectivity index (χ4n) is 2.28. The van der Waals surface area contributed by atoms with Crippen LogP contribution in [0, 0.1) is 6.92 Å². The van der Waals surface area contributed by atoms with Crippen molar-refractivity contribution in [3.8, 4) is 0 Å². The van der Waals surface area contributed by atoms with E-state index in [4.69, 9.17) is 9.47 Å². The molecule has 7 nitrogen and oxygen atoms in total. The Bertz CT molecular complexity index is 570. The second-order valence-electron chi connectivity index (χ2n) is 6.13. The Hall–Kier alpha value is -1.39. The van der Waals surface area contributed by atoms with E-state index in [1.165, 1.54) is 0 Å². The van der Waals surface area contributed by atoms with Gasteiger partial charge >= 0.3 is 0 Å². The number of benzene rings is 1. The van der Waals surface area contributed by atoms with Crippen molar-refractivity contribution < 1.29 is 14.3 Å². The molecule has 0 atom stereocenters. The number of aryl methyl sites for hydroxylation is 1. The van der Waals surface area contributed by atoms with E-state index in [1.54, 1.807) is 7.05 Å². The summed E-state index contributed by atoms with van der Waals surface area (Å²) >= 11 is 0. The minimum Gasteiger partial charge on any atom is -0.379 e. The third kappa shape index (κ3) is 12.9. The number of guanidine groups is 1. The first-order chi connectivity index (χ1) is 13.2. The Morgan fingerprint density at radius 2 is 1.68 bits per heavy atom. The molecule has 0 radical (unpaired) electrons. The lowest BCUT2D eigenvalue weighted by molar-refractivity contribution is 0.0487. The third-order valence-electron chi connectivity index (χ3n) is 3.76. The van der Waals surface area contributed by atoms with Crippen LogP contribution in [0.15, 0.2) is 29.3 Å². The van der Waals surface area contributed by atoms with Crippen molar-refractivity contribution in [3.05, 3.63) is 35.4 Å². The molecule has 28 heavy (non-hydrogen) atoms. The maximum Gasteiger partial charge on any atom is 0.251 e. The molecule has 8 heteroatoms. The van der Waals surface area contributed by atoms with Crippen LogP contribution in [0.3, 0.4) is 0 Å². The molecule has 160 valence electrons. The lowest BCUT2D eigenvalue weighted by Crippen LogP contribution is -2.42. The predicted octanol–water partition coefficient (Wildman–Crippen LogP) is 2.34. The summed E-state index contributed by atoms with van der Waals surface area (Å²) in [5.41, 5.74) is 1.74. The number of ether oxygens (including phenoxy) is 2. The van der Waals surface area contributed by atoms with Gasteiger partial charge in [-0.25, -0.2) is 0 Å². The maximum absolute atomic E-state index is 12.1. The Balaban J connectivity index is 0.00000729. The van der Waals surface area contributed by atoms with Crippen molar-refractivity contribution in [1.29, 1.82) is 0 Å². The van der Waals surface area contributed by atoms with Crippen molar-refractivity contribution in [1.82, 2.24) is 16.0 Å². The zero-order chi connectivity index (χ0) is 19.7. The average molecular weight is 506 g/mol. The van der Waals surface area contributed by atoms with E-state index >= 15 is 0 Å². The number of amides is 1. The Labute approximate surface area is 186 Å². The van der Waals surface area contributed by atoms with Gasteiger partial charge in [0.25, 0.3) is 5.91 Å². The summed E-state index contributed by atoms with van der Waals surface area (Å²) in [7, 11) is 1.71. The predicted molar refractivity (Wildman–Crippen MR) is 125 cm³/mol. The molecule has 1 amide bonds.